The highest BCUT2D eigenvalue weighted by molar-refractivity contribution is 8.18. The smallest absolute Gasteiger partial charge is 0.325 e. The number of ether oxygens (including phenoxy) is 2. The highest BCUT2D eigenvalue weighted by Crippen LogP contribution is 2.34. The van der Waals surface area contributed by atoms with Gasteiger partial charge in [-0.05, 0) is 23.9 Å². The molecule has 1 heterocycles. The molecule has 1 fully saturated rings. The molecule has 2 rings (SSSR count). The molecular weight excluding hydrogens is 340 g/mol. The number of nitro benzene ring substituents is 1. The summed E-state index contributed by atoms with van der Waals surface area (Å²) in [6, 6.07) is 3.88. The van der Waals surface area contributed by atoms with Crippen LogP contribution in [0.1, 0.15) is 5.56 Å². The summed E-state index contributed by atoms with van der Waals surface area (Å²) in [4.78, 5) is 46.4. The van der Waals surface area contributed by atoms with Gasteiger partial charge in [-0.3, -0.25) is 29.4 Å². The molecule has 0 radical (unpaired) electrons. The molecule has 24 heavy (non-hydrogen) atoms. The number of amides is 2. The van der Waals surface area contributed by atoms with Crippen molar-refractivity contribution in [2.24, 2.45) is 0 Å². The van der Waals surface area contributed by atoms with Gasteiger partial charge in [-0.15, -0.1) is 0 Å². The molecular formula is C14H12N2O7S. The van der Waals surface area contributed by atoms with Gasteiger partial charge in [0.25, 0.3) is 16.8 Å². The lowest BCUT2D eigenvalue weighted by molar-refractivity contribution is -0.384. The zero-order chi connectivity index (χ0) is 17.9. The van der Waals surface area contributed by atoms with Crippen LogP contribution in [0.15, 0.2) is 23.1 Å². The number of carbonyl (C=O) groups excluding carboxylic acids is 3. The Hall–Kier alpha value is -2.88. The minimum absolute atomic E-state index is 0.0303. The first-order chi connectivity index (χ1) is 11.4. The normalized spacial score (nSPS) is 15.8. The first-order valence-electron chi connectivity index (χ1n) is 6.52. The first kappa shape index (κ1) is 17.5. The third kappa shape index (κ3) is 3.54. The van der Waals surface area contributed by atoms with Crippen LogP contribution in [-0.2, 0) is 14.3 Å². The number of esters is 1. The summed E-state index contributed by atoms with van der Waals surface area (Å²) >= 11 is 0.628. The number of non-ortho nitro benzene ring substituents is 1. The predicted octanol–water partition coefficient (Wildman–Crippen LogP) is 1.81. The fourth-order valence-corrected chi connectivity index (χ4v) is 2.75. The van der Waals surface area contributed by atoms with E-state index in [2.05, 4.69) is 4.74 Å². The van der Waals surface area contributed by atoms with E-state index in [1.165, 1.54) is 31.4 Å². The zero-order valence-corrected chi connectivity index (χ0v) is 13.5. The molecule has 0 saturated carbocycles. The molecule has 0 spiro atoms. The lowest BCUT2D eigenvalue weighted by Gasteiger charge is -2.09. The fourth-order valence-electron chi connectivity index (χ4n) is 1.92. The molecule has 2 amide bonds. The summed E-state index contributed by atoms with van der Waals surface area (Å²) in [5.41, 5.74) is 0.0890. The molecule has 9 nitrogen and oxygen atoms in total. The van der Waals surface area contributed by atoms with E-state index >= 15 is 0 Å². The van der Waals surface area contributed by atoms with Gasteiger partial charge in [0.2, 0.25) is 0 Å². The zero-order valence-electron chi connectivity index (χ0n) is 12.7. The summed E-state index contributed by atoms with van der Waals surface area (Å²) in [6.07, 6.45) is 1.31. The van der Waals surface area contributed by atoms with E-state index in [1.807, 2.05) is 0 Å². The number of nitrogens with zero attached hydrogens (tertiary/aromatic N) is 2. The Bertz CT molecular complexity index is 759. The second-order valence-corrected chi connectivity index (χ2v) is 5.52. The van der Waals surface area contributed by atoms with Crippen molar-refractivity contribution in [2.75, 3.05) is 20.8 Å². The van der Waals surface area contributed by atoms with Gasteiger partial charge in [0, 0.05) is 17.7 Å². The molecule has 126 valence electrons. The van der Waals surface area contributed by atoms with Gasteiger partial charge in [-0.2, -0.15) is 0 Å². The largest absolute Gasteiger partial charge is 0.496 e. The molecule has 1 aromatic rings. The van der Waals surface area contributed by atoms with Crippen molar-refractivity contribution in [1.29, 1.82) is 0 Å². The van der Waals surface area contributed by atoms with Crippen LogP contribution in [0.4, 0.5) is 10.5 Å². The van der Waals surface area contributed by atoms with E-state index in [-0.39, 0.29) is 16.2 Å². The minimum Gasteiger partial charge on any atom is -0.496 e. The average molecular weight is 352 g/mol. The van der Waals surface area contributed by atoms with Gasteiger partial charge < -0.3 is 9.47 Å². The van der Waals surface area contributed by atoms with Crippen LogP contribution in [0.2, 0.25) is 0 Å². The van der Waals surface area contributed by atoms with Gasteiger partial charge in [0.1, 0.15) is 12.3 Å². The second-order valence-electron chi connectivity index (χ2n) is 4.53. The Morgan fingerprint density at radius 2 is 2.08 bits per heavy atom. The molecule has 0 unspecified atom stereocenters. The van der Waals surface area contributed by atoms with E-state index in [9.17, 15) is 24.5 Å². The fraction of sp³-hybridized carbons (Fsp3) is 0.214. The van der Waals surface area contributed by atoms with E-state index < -0.39 is 28.6 Å². The summed E-state index contributed by atoms with van der Waals surface area (Å²) in [6.45, 7) is -0.495. The molecule has 1 aliphatic rings. The Kier molecular flexibility index (Phi) is 5.19. The van der Waals surface area contributed by atoms with Gasteiger partial charge >= 0.3 is 5.97 Å². The molecule has 0 aliphatic carbocycles. The Morgan fingerprint density at radius 3 is 2.67 bits per heavy atom. The standard InChI is InChI=1S/C14H12N2O7S/c1-22-10-4-3-9(16(20)21)5-8(10)6-11-13(18)15(14(19)24-11)7-12(17)23-2/h3-6H,7H2,1-2H3/b11-6+. The highest BCUT2D eigenvalue weighted by Gasteiger charge is 2.36. The highest BCUT2D eigenvalue weighted by atomic mass is 32.2. The number of benzene rings is 1. The van der Waals surface area contributed by atoms with Crippen molar-refractivity contribution in [1.82, 2.24) is 4.90 Å². The number of rotatable bonds is 5. The third-order valence-electron chi connectivity index (χ3n) is 3.10. The maximum absolute atomic E-state index is 12.2. The molecule has 1 saturated heterocycles. The third-order valence-corrected chi connectivity index (χ3v) is 4.01. The van der Waals surface area contributed by atoms with Gasteiger partial charge in [-0.1, -0.05) is 0 Å². The van der Waals surface area contributed by atoms with E-state index in [4.69, 9.17) is 4.74 Å². The van der Waals surface area contributed by atoms with Crippen molar-refractivity contribution >= 4 is 40.6 Å². The number of carbonyl (C=O) groups is 3. The monoisotopic (exact) mass is 352 g/mol. The molecule has 1 aliphatic heterocycles. The number of methoxy groups -OCH3 is 2. The lowest BCUT2D eigenvalue weighted by Crippen LogP contribution is -2.34. The number of thioether (sulfide) groups is 1. The SMILES string of the molecule is COC(=O)CN1C(=O)S/C(=C/c2cc([N+](=O)[O-])ccc2OC)C1=O. The topological polar surface area (TPSA) is 116 Å². The van der Waals surface area contributed by atoms with Crippen LogP contribution in [0.3, 0.4) is 0 Å². The minimum atomic E-state index is -0.730. The maximum atomic E-state index is 12.2. The summed E-state index contributed by atoms with van der Waals surface area (Å²) in [7, 11) is 2.52. The first-order valence-corrected chi connectivity index (χ1v) is 7.33. The van der Waals surface area contributed by atoms with E-state index in [0.29, 0.717) is 17.5 Å². The summed E-state index contributed by atoms with van der Waals surface area (Å²) in [5.74, 6) is -1.10. The van der Waals surface area contributed by atoms with Gasteiger partial charge in [0.15, 0.2) is 0 Å². The van der Waals surface area contributed by atoms with Crippen molar-refractivity contribution < 1.29 is 28.8 Å². The van der Waals surface area contributed by atoms with Crippen LogP contribution in [0.5, 0.6) is 5.75 Å². The van der Waals surface area contributed by atoms with E-state index in [1.54, 1.807) is 0 Å². The number of hydrogen-bond acceptors (Lipinski definition) is 8. The Morgan fingerprint density at radius 1 is 1.38 bits per heavy atom. The van der Waals surface area contributed by atoms with Crippen molar-refractivity contribution in [3.05, 3.63) is 38.8 Å². The average Bonchev–Trinajstić information content (AvgIpc) is 2.82. The number of imide groups is 1. The predicted molar refractivity (Wildman–Crippen MR) is 84.3 cm³/mol. The van der Waals surface area contributed by atoms with E-state index in [0.717, 1.165) is 12.0 Å². The second kappa shape index (κ2) is 7.13. The maximum Gasteiger partial charge on any atom is 0.325 e. The van der Waals surface area contributed by atoms with Gasteiger partial charge in [-0.25, -0.2) is 0 Å². The molecule has 0 aromatic heterocycles. The molecule has 1 aromatic carbocycles. The van der Waals surface area contributed by atoms with Crippen LogP contribution >= 0.6 is 11.8 Å². The van der Waals surface area contributed by atoms with Crippen molar-refractivity contribution in [3.8, 4) is 5.75 Å². The van der Waals surface area contributed by atoms with Crippen LogP contribution in [0, 0.1) is 10.1 Å². The lowest BCUT2D eigenvalue weighted by atomic mass is 10.1. The Labute approximate surface area is 140 Å². The van der Waals surface area contributed by atoms with Gasteiger partial charge in [0.05, 0.1) is 24.0 Å². The van der Waals surface area contributed by atoms with Crippen molar-refractivity contribution in [2.45, 2.75) is 0 Å². The van der Waals surface area contributed by atoms with Crippen LogP contribution in [0.25, 0.3) is 6.08 Å². The summed E-state index contributed by atoms with van der Waals surface area (Å²) < 4.78 is 9.53. The molecule has 0 N–H and O–H groups in total. The molecule has 0 bridgehead atoms. The van der Waals surface area contributed by atoms with Crippen LogP contribution in [-0.4, -0.2) is 47.7 Å². The van der Waals surface area contributed by atoms with Crippen molar-refractivity contribution in [3.63, 3.8) is 0 Å². The Balaban J connectivity index is 2.36. The molecule has 10 heteroatoms. The number of hydrogen-bond donors (Lipinski definition) is 0. The van der Waals surface area contributed by atoms with Crippen LogP contribution < -0.4 is 4.74 Å². The molecule has 0 atom stereocenters. The summed E-state index contributed by atoms with van der Waals surface area (Å²) in [5, 5.41) is 10.2. The number of nitro groups is 1. The quantitative estimate of drug-likeness (QED) is 0.341.